The molecule has 1 aliphatic rings. The number of nitrogens with one attached hydrogen (secondary N) is 2. The molecule has 1 saturated carbocycles. The minimum absolute atomic E-state index is 0.0257. The molecular formula is C18H22N2O3. The van der Waals surface area contributed by atoms with Crippen molar-refractivity contribution in [1.29, 1.82) is 0 Å². The summed E-state index contributed by atoms with van der Waals surface area (Å²) in [5.74, 6) is -0.583. The monoisotopic (exact) mass is 314 g/mol. The Bertz CT molecular complexity index is 626. The van der Waals surface area contributed by atoms with E-state index >= 15 is 0 Å². The highest BCUT2D eigenvalue weighted by Gasteiger charge is 2.18. The van der Waals surface area contributed by atoms with Gasteiger partial charge in [-0.1, -0.05) is 12.8 Å². The first-order chi connectivity index (χ1) is 11.0. The van der Waals surface area contributed by atoms with Crippen molar-refractivity contribution in [3.8, 4) is 0 Å². The van der Waals surface area contributed by atoms with Crippen LogP contribution in [0.2, 0.25) is 0 Å². The van der Waals surface area contributed by atoms with Crippen LogP contribution in [-0.4, -0.2) is 23.6 Å². The molecule has 23 heavy (non-hydrogen) atoms. The Labute approximate surface area is 136 Å². The summed E-state index contributed by atoms with van der Waals surface area (Å²) in [6, 6.07) is 6.86. The van der Waals surface area contributed by atoms with Gasteiger partial charge in [-0.25, -0.2) is 0 Å². The molecule has 1 fully saturated rings. The Kier molecular flexibility index (Phi) is 5.68. The average Bonchev–Trinajstić information content (AvgIpc) is 3.00. The summed E-state index contributed by atoms with van der Waals surface area (Å²) in [5.41, 5.74) is 1.56. The zero-order valence-electron chi connectivity index (χ0n) is 13.5. The Hall–Kier alpha value is -2.43. The average molecular weight is 314 g/mol. The number of rotatable bonds is 5. The summed E-state index contributed by atoms with van der Waals surface area (Å²) in [6.45, 7) is 3.12. The second kappa shape index (κ2) is 7.72. The van der Waals surface area contributed by atoms with Crippen molar-refractivity contribution in [2.24, 2.45) is 0 Å². The van der Waals surface area contributed by atoms with Crippen molar-refractivity contribution in [3.63, 3.8) is 0 Å². The van der Waals surface area contributed by atoms with Crippen LogP contribution in [0.25, 0.3) is 0 Å². The minimum atomic E-state index is -0.361. The predicted molar refractivity (Wildman–Crippen MR) is 89.2 cm³/mol. The number of hydrogen-bond donors (Lipinski definition) is 2. The Balaban J connectivity index is 1.91. The van der Waals surface area contributed by atoms with Crippen LogP contribution in [0.5, 0.6) is 0 Å². The molecule has 2 amide bonds. The van der Waals surface area contributed by atoms with E-state index in [-0.39, 0.29) is 23.6 Å². The summed E-state index contributed by atoms with van der Waals surface area (Å²) in [7, 11) is 0. The van der Waals surface area contributed by atoms with Gasteiger partial charge in [0.25, 0.3) is 0 Å². The smallest absolute Gasteiger partial charge is 0.248 e. The zero-order valence-corrected chi connectivity index (χ0v) is 13.5. The molecule has 0 radical (unpaired) electrons. The van der Waals surface area contributed by atoms with E-state index in [1.54, 1.807) is 31.2 Å². The second-order valence-electron chi connectivity index (χ2n) is 5.90. The largest absolute Gasteiger partial charge is 0.350 e. The number of benzene rings is 1. The van der Waals surface area contributed by atoms with Gasteiger partial charge in [-0.3, -0.25) is 14.4 Å². The van der Waals surface area contributed by atoms with E-state index in [0.717, 1.165) is 25.7 Å². The van der Waals surface area contributed by atoms with Crippen LogP contribution < -0.4 is 10.6 Å². The number of carbonyl (C=O) groups is 3. The van der Waals surface area contributed by atoms with Gasteiger partial charge < -0.3 is 10.6 Å². The fourth-order valence-corrected chi connectivity index (χ4v) is 2.60. The standard InChI is InChI=1S/C18H22N2O3/c1-12(18(23)20-15-5-3-4-6-15)11-17(22)19-16-9-7-14(8-10-16)13(2)21/h7-11,15H,3-6H2,1-2H3,(H,19,22)(H,20,23)/b12-11-. The van der Waals surface area contributed by atoms with Crippen molar-refractivity contribution in [1.82, 2.24) is 5.32 Å². The molecule has 0 bridgehead atoms. The number of ketones is 1. The third-order valence-corrected chi connectivity index (χ3v) is 3.96. The molecule has 0 aliphatic heterocycles. The molecule has 0 spiro atoms. The van der Waals surface area contributed by atoms with E-state index in [9.17, 15) is 14.4 Å². The molecule has 0 aromatic heterocycles. The zero-order chi connectivity index (χ0) is 16.8. The van der Waals surface area contributed by atoms with Crippen molar-refractivity contribution in [3.05, 3.63) is 41.5 Å². The van der Waals surface area contributed by atoms with Gasteiger partial charge in [0.2, 0.25) is 11.8 Å². The first kappa shape index (κ1) is 16.9. The highest BCUT2D eigenvalue weighted by atomic mass is 16.2. The van der Waals surface area contributed by atoms with E-state index in [2.05, 4.69) is 10.6 Å². The van der Waals surface area contributed by atoms with Gasteiger partial charge in [0.15, 0.2) is 5.78 Å². The summed E-state index contributed by atoms with van der Waals surface area (Å²) >= 11 is 0. The van der Waals surface area contributed by atoms with Crippen LogP contribution in [0.4, 0.5) is 5.69 Å². The van der Waals surface area contributed by atoms with Crippen molar-refractivity contribution < 1.29 is 14.4 Å². The first-order valence-electron chi connectivity index (χ1n) is 7.87. The maximum absolute atomic E-state index is 12.0. The maximum Gasteiger partial charge on any atom is 0.248 e. The minimum Gasteiger partial charge on any atom is -0.350 e. The summed E-state index contributed by atoms with van der Waals surface area (Å²) in [4.78, 5) is 35.2. The topological polar surface area (TPSA) is 75.3 Å². The highest BCUT2D eigenvalue weighted by Crippen LogP contribution is 2.18. The molecule has 5 heteroatoms. The lowest BCUT2D eigenvalue weighted by Crippen LogP contribution is -2.33. The van der Waals surface area contributed by atoms with E-state index in [4.69, 9.17) is 0 Å². The SMILES string of the molecule is CC(=O)c1ccc(NC(=O)/C=C(/C)C(=O)NC2CCCC2)cc1. The molecule has 1 aromatic carbocycles. The van der Waals surface area contributed by atoms with E-state index in [0.29, 0.717) is 16.8 Å². The third-order valence-electron chi connectivity index (χ3n) is 3.96. The molecule has 5 nitrogen and oxygen atoms in total. The molecule has 2 N–H and O–H groups in total. The molecule has 0 unspecified atom stereocenters. The molecular weight excluding hydrogens is 292 g/mol. The van der Waals surface area contributed by atoms with Crippen molar-refractivity contribution in [2.75, 3.05) is 5.32 Å². The van der Waals surface area contributed by atoms with Crippen LogP contribution in [0.3, 0.4) is 0 Å². The Morgan fingerprint density at radius 3 is 2.22 bits per heavy atom. The van der Waals surface area contributed by atoms with Gasteiger partial charge in [-0.15, -0.1) is 0 Å². The quantitative estimate of drug-likeness (QED) is 0.648. The van der Waals surface area contributed by atoms with Gasteiger partial charge in [0.1, 0.15) is 0 Å². The van der Waals surface area contributed by atoms with E-state index in [1.807, 2.05) is 0 Å². The van der Waals surface area contributed by atoms with Gasteiger partial charge in [-0.2, -0.15) is 0 Å². The van der Waals surface area contributed by atoms with Crippen molar-refractivity contribution in [2.45, 2.75) is 45.6 Å². The Morgan fingerprint density at radius 1 is 1.04 bits per heavy atom. The summed E-state index contributed by atoms with van der Waals surface area (Å²) in [6.07, 6.45) is 5.60. The van der Waals surface area contributed by atoms with Gasteiger partial charge in [0, 0.05) is 28.9 Å². The van der Waals surface area contributed by atoms with Gasteiger partial charge in [-0.05, 0) is 51.0 Å². The number of carbonyl (C=O) groups excluding carboxylic acids is 3. The highest BCUT2D eigenvalue weighted by molar-refractivity contribution is 6.06. The fraction of sp³-hybridized carbons (Fsp3) is 0.389. The third kappa shape index (κ3) is 5.06. The van der Waals surface area contributed by atoms with Crippen LogP contribution in [0.1, 0.15) is 49.9 Å². The van der Waals surface area contributed by atoms with Crippen LogP contribution in [0.15, 0.2) is 35.9 Å². The summed E-state index contributed by atoms with van der Waals surface area (Å²) in [5, 5.41) is 5.62. The normalized spacial score (nSPS) is 15.3. The molecule has 122 valence electrons. The lowest BCUT2D eigenvalue weighted by Gasteiger charge is -2.12. The number of anilines is 1. The fourth-order valence-electron chi connectivity index (χ4n) is 2.60. The molecule has 2 rings (SSSR count). The maximum atomic E-state index is 12.0. The van der Waals surface area contributed by atoms with E-state index in [1.165, 1.54) is 13.0 Å². The lowest BCUT2D eigenvalue weighted by atomic mass is 10.1. The first-order valence-corrected chi connectivity index (χ1v) is 7.87. The predicted octanol–water partition coefficient (Wildman–Crippen LogP) is 2.83. The number of Topliss-reactive ketones (excluding diaryl/α,β-unsaturated/α-hetero) is 1. The summed E-state index contributed by atoms with van der Waals surface area (Å²) < 4.78 is 0. The van der Waals surface area contributed by atoms with Crippen LogP contribution in [-0.2, 0) is 9.59 Å². The van der Waals surface area contributed by atoms with E-state index < -0.39 is 0 Å². The molecule has 0 atom stereocenters. The number of amides is 2. The molecule has 0 saturated heterocycles. The van der Waals surface area contributed by atoms with Crippen LogP contribution in [0, 0.1) is 0 Å². The molecule has 1 aromatic rings. The van der Waals surface area contributed by atoms with Gasteiger partial charge >= 0.3 is 0 Å². The van der Waals surface area contributed by atoms with Gasteiger partial charge in [0.05, 0.1) is 0 Å². The number of hydrogen-bond acceptors (Lipinski definition) is 3. The van der Waals surface area contributed by atoms with Crippen molar-refractivity contribution >= 4 is 23.3 Å². The lowest BCUT2D eigenvalue weighted by molar-refractivity contribution is -0.118. The molecule has 0 heterocycles. The molecule has 1 aliphatic carbocycles. The van der Waals surface area contributed by atoms with Crippen LogP contribution >= 0.6 is 0 Å². The second-order valence-corrected chi connectivity index (χ2v) is 5.90. The Morgan fingerprint density at radius 2 is 1.65 bits per heavy atom.